The van der Waals surface area contributed by atoms with E-state index >= 15 is 0 Å². The number of ether oxygens (including phenoxy) is 9. The van der Waals surface area contributed by atoms with E-state index in [0.717, 1.165) is 49.1 Å². The highest BCUT2D eigenvalue weighted by Crippen LogP contribution is 2.51. The van der Waals surface area contributed by atoms with E-state index in [4.69, 9.17) is 42.6 Å². The van der Waals surface area contributed by atoms with Crippen LogP contribution < -0.4 is 122 Å². The van der Waals surface area contributed by atoms with Gasteiger partial charge in [0.25, 0.3) is 0 Å². The predicted octanol–water partition coefficient (Wildman–Crippen LogP) is 22.6. The van der Waals surface area contributed by atoms with Crippen molar-refractivity contribution in [1.82, 2.24) is 0 Å². The van der Waals surface area contributed by atoms with Crippen molar-refractivity contribution in [1.29, 1.82) is 0 Å². The number of aryl methyl sites for hydroxylation is 9. The second-order valence-electron chi connectivity index (χ2n) is 31.2. The van der Waals surface area contributed by atoms with Crippen LogP contribution in [0.5, 0.6) is 51.7 Å². The Hall–Kier alpha value is -12.6. The fourth-order valence-corrected chi connectivity index (χ4v) is 29.0. The third-order valence-corrected chi connectivity index (χ3v) is 35.5. The molecule has 0 fully saturated rings. The quantitative estimate of drug-likeness (QED) is 0.0254. The molecule has 9 nitrogen and oxygen atoms in total. The molecule has 0 saturated carbocycles. The second kappa shape index (κ2) is 48.0. The molecule has 0 heterocycles. The van der Waals surface area contributed by atoms with Crippen LogP contribution in [0.1, 0.15) is 50.1 Å². The minimum Gasteiger partial charge on any atom is -0.497 e. The first-order valence-corrected chi connectivity index (χ1v) is 49.1. The number of benzene rings is 15. The van der Waals surface area contributed by atoms with Gasteiger partial charge in [0.2, 0.25) is 17.5 Å². The number of hydrogen-bond acceptors (Lipinski definition) is 9. The Morgan fingerprint density at radius 1 is 0.157 bits per heavy atom. The summed E-state index contributed by atoms with van der Waals surface area (Å²) in [5.41, 5.74) is 12.6. The number of rotatable bonds is 24. The lowest BCUT2D eigenvalue weighted by Gasteiger charge is -2.30. The Morgan fingerprint density at radius 2 is 0.307 bits per heavy atom. The summed E-state index contributed by atoms with van der Waals surface area (Å²) < 4.78 is 299. The third kappa shape index (κ3) is 23.5. The highest BCUT2D eigenvalue weighted by atomic mass is 31.1. The summed E-state index contributed by atoms with van der Waals surface area (Å²) in [6.07, 6.45) is 0. The van der Waals surface area contributed by atoms with Gasteiger partial charge >= 0.3 is 0 Å². The Bertz CT molecular complexity index is 6070. The van der Waals surface area contributed by atoms with Gasteiger partial charge < -0.3 is 42.6 Å². The molecule has 32 heteroatoms. The van der Waals surface area contributed by atoms with Crippen LogP contribution in [-0.2, 0) is 0 Å². The largest absolute Gasteiger partial charge is 0.497 e. The summed E-state index contributed by atoms with van der Waals surface area (Å²) in [5, 5.41) is 5.95. The van der Waals surface area contributed by atoms with Crippen molar-refractivity contribution >= 4 is 119 Å². The molecule has 15 rings (SSSR count). The molecule has 0 aliphatic carbocycles. The lowest BCUT2D eigenvalue weighted by molar-refractivity contribution is 0.381. The van der Waals surface area contributed by atoms with E-state index < -0.39 is 143 Å². The average Bonchev–Trinajstić information content (AvgIpc) is 0.724. The maximum atomic E-state index is 14.4. The minimum atomic E-state index is -4.90. The number of halogens is 18. The van der Waals surface area contributed by atoms with Gasteiger partial charge in [0.15, 0.2) is 69.8 Å². The number of methoxy groups -OCH3 is 9. The van der Waals surface area contributed by atoms with E-state index in [0.29, 0.717) is 34.5 Å². The molecule has 15 aromatic rings. The molecule has 730 valence electrons. The van der Waals surface area contributed by atoms with Gasteiger partial charge in [0, 0.05) is 15.8 Å². The zero-order chi connectivity index (χ0) is 102. The van der Waals surface area contributed by atoms with Gasteiger partial charge in [-0.25, -0.2) is 79.0 Å². The average molecular weight is 2030 g/mol. The Balaban J connectivity index is 0.000000169. The Morgan fingerprint density at radius 3 is 0.471 bits per heavy atom. The molecule has 0 aromatic heterocycles. The molecule has 0 bridgehead atoms. The van der Waals surface area contributed by atoms with E-state index in [-0.39, 0.29) is 17.5 Å². The summed E-state index contributed by atoms with van der Waals surface area (Å²) in [6, 6.07) is 74.9. The van der Waals surface area contributed by atoms with Crippen molar-refractivity contribution in [3.63, 3.8) is 0 Å². The van der Waals surface area contributed by atoms with E-state index in [1.54, 1.807) is 100 Å². The van der Waals surface area contributed by atoms with Crippen molar-refractivity contribution in [3.05, 3.63) is 391 Å². The van der Waals surface area contributed by atoms with Crippen LogP contribution in [-0.4, -0.2) is 64.0 Å². The fourth-order valence-electron chi connectivity index (χ4n) is 16.0. The van der Waals surface area contributed by atoms with Gasteiger partial charge in [-0.05, 0) is 276 Å². The van der Waals surface area contributed by atoms with Crippen LogP contribution >= 0.6 is 39.6 Å². The van der Waals surface area contributed by atoms with Gasteiger partial charge in [-0.2, -0.15) is 0 Å². The first-order valence-electron chi connectivity index (χ1n) is 42.4. The monoisotopic (exact) mass is 2030 g/mol. The van der Waals surface area contributed by atoms with Gasteiger partial charge in [-0.1, -0.05) is 144 Å². The second-order valence-corrected chi connectivity index (χ2v) is 41.7. The van der Waals surface area contributed by atoms with E-state index in [2.05, 4.69) is 135 Å². The minimum absolute atomic E-state index is 0.308. The molecular formula is C108H93F18O9P5. The molecule has 0 N–H and O–H groups in total. The highest BCUT2D eigenvalue weighted by molar-refractivity contribution is 7.82. The van der Waals surface area contributed by atoms with Crippen molar-refractivity contribution in [2.75, 3.05) is 64.0 Å². The zero-order valence-corrected chi connectivity index (χ0v) is 83.2. The molecule has 0 aliphatic rings. The molecule has 15 aromatic carbocycles. The normalized spacial score (nSPS) is 11.0. The molecule has 0 spiro atoms. The highest BCUT2D eigenvalue weighted by Gasteiger charge is 2.44. The van der Waals surface area contributed by atoms with E-state index in [1.165, 1.54) is 118 Å². The standard InChI is InChI=1S/C27H33P.C24H27O6P.C21H21O3P.C18F15P.C18H12F3P/c1-16-10-19(4)25(20(5)11-16)28(26-21(6)12-17(2)13-22(26)7)27-23(8)14-18(3)15-24(27)9;1-25-16-10-7-11-17(26-2)22(16)31(23-18(27-3)12-8-13-19(23)28-4)24-20(29-5)14-9-15-21(24)30-6;1-22-16-4-10-19(11-5-16)25(20-12-6-17(23-2)7-13-20)21-14-8-18(24-3)9-15-21;19-1-4(22)10(28)16(11(29)5(1)23)34(17-12(30)6(24)2(20)7(25)13(17)31)18-14(32)8(26)3(21)9(27)15(18)33;19-13-1-7-16(8-2-13)22(17-9-3-14(20)4-10-17)18-11-5-15(21)6-12-18/h10-15H,1-9H3;7-15H,1-6H3;4-15H,1-3H3;;1-12H. The summed E-state index contributed by atoms with van der Waals surface area (Å²) in [4.78, 5) is 0. The van der Waals surface area contributed by atoms with Crippen molar-refractivity contribution in [2.45, 2.75) is 62.3 Å². The van der Waals surface area contributed by atoms with Crippen molar-refractivity contribution in [3.8, 4) is 51.7 Å². The van der Waals surface area contributed by atoms with Crippen LogP contribution in [0.2, 0.25) is 0 Å². The van der Waals surface area contributed by atoms with Crippen LogP contribution in [0.15, 0.2) is 237 Å². The smallest absolute Gasteiger partial charge is 0.200 e. The van der Waals surface area contributed by atoms with Crippen molar-refractivity contribution < 1.29 is 122 Å². The topological polar surface area (TPSA) is 83.1 Å². The van der Waals surface area contributed by atoms with Crippen LogP contribution in [0.3, 0.4) is 0 Å². The molecule has 140 heavy (non-hydrogen) atoms. The Labute approximate surface area is 805 Å². The van der Waals surface area contributed by atoms with Crippen molar-refractivity contribution in [2.24, 2.45) is 0 Å². The first kappa shape index (κ1) is 108. The summed E-state index contributed by atoms with van der Waals surface area (Å²) in [5.74, 6) is -39.1. The first-order chi connectivity index (χ1) is 66.8. The molecule has 0 saturated heterocycles. The zero-order valence-electron chi connectivity index (χ0n) is 78.7. The maximum absolute atomic E-state index is 14.4. The maximum Gasteiger partial charge on any atom is 0.200 e. The molecule has 0 atom stereocenters. The fraction of sp³-hybridized carbons (Fsp3) is 0.167. The van der Waals surface area contributed by atoms with Crippen LogP contribution in [0, 0.1) is 167 Å². The molecule has 0 unspecified atom stereocenters. The predicted molar refractivity (Wildman–Crippen MR) is 527 cm³/mol. The lowest BCUT2D eigenvalue weighted by atomic mass is 10.1. The molecule has 0 radical (unpaired) electrons. The SMILES string of the molecule is COc1ccc(P(c2ccc(OC)cc2)c2ccc(OC)cc2)cc1.COc1cccc(OC)c1P(c1c(OC)cccc1OC)c1c(OC)cccc1OC.Cc1cc(C)c(P(c2c(C)cc(C)cc2C)c2c(C)cc(C)cc2C)c(C)c1.Fc1c(F)c(F)c(P(c2c(F)c(F)c(F)c(F)c2F)c2c(F)c(F)c(F)c(F)c2F)c(F)c1F.Fc1ccc(P(c2ccc(F)cc2)c2ccc(F)cc2)cc1. The van der Waals surface area contributed by atoms with Crippen LogP contribution in [0.4, 0.5) is 79.0 Å². The van der Waals surface area contributed by atoms with Gasteiger partial charge in [0.05, 0.1) is 95.8 Å². The van der Waals surface area contributed by atoms with Crippen LogP contribution in [0.25, 0.3) is 0 Å². The summed E-state index contributed by atoms with van der Waals surface area (Å²) >= 11 is 0. The molecule has 0 aliphatic heterocycles. The van der Waals surface area contributed by atoms with Gasteiger partial charge in [0.1, 0.15) is 69.2 Å². The van der Waals surface area contributed by atoms with E-state index in [1.807, 2.05) is 91.0 Å². The molecule has 0 amide bonds. The lowest BCUT2D eigenvalue weighted by Crippen LogP contribution is -2.36. The summed E-state index contributed by atoms with van der Waals surface area (Å²) in [7, 11) is 6.41. The summed E-state index contributed by atoms with van der Waals surface area (Å²) in [6.45, 7) is 20.4. The van der Waals surface area contributed by atoms with E-state index in [9.17, 15) is 79.0 Å². The third-order valence-electron chi connectivity index (χ3n) is 21.9. The van der Waals surface area contributed by atoms with Gasteiger partial charge in [-0.15, -0.1) is 0 Å². The number of hydrogen-bond donors (Lipinski definition) is 0. The molecular weight excluding hydrogens is 1940 g/mol. The Kier molecular flexibility index (Phi) is 37.0. The van der Waals surface area contributed by atoms with Gasteiger partial charge in [-0.3, -0.25) is 0 Å².